The van der Waals surface area contributed by atoms with Crippen molar-refractivity contribution >= 4 is 0 Å². The van der Waals surface area contributed by atoms with Crippen molar-refractivity contribution in [2.75, 3.05) is 13.7 Å². The van der Waals surface area contributed by atoms with Crippen LogP contribution in [0.25, 0.3) is 0 Å². The van der Waals surface area contributed by atoms with Crippen LogP contribution in [0, 0.1) is 11.3 Å². The molecule has 0 unspecified atom stereocenters. The van der Waals surface area contributed by atoms with Crippen molar-refractivity contribution in [1.29, 1.82) is 5.26 Å². The van der Waals surface area contributed by atoms with Gasteiger partial charge in [-0.1, -0.05) is 6.07 Å². The van der Waals surface area contributed by atoms with E-state index in [9.17, 15) is 0 Å². The summed E-state index contributed by atoms with van der Waals surface area (Å²) < 4.78 is 11.1. The van der Waals surface area contributed by atoms with Gasteiger partial charge in [-0.25, -0.2) is 0 Å². The molecule has 0 aliphatic heterocycles. The normalized spacial score (nSPS) is 11.0. The van der Waals surface area contributed by atoms with Gasteiger partial charge in [0, 0.05) is 18.5 Å². The zero-order valence-corrected chi connectivity index (χ0v) is 13.5. The zero-order valence-electron chi connectivity index (χ0n) is 13.5. The Morgan fingerprint density at radius 1 is 1.19 bits per heavy atom. The zero-order chi connectivity index (χ0) is 15.7. The maximum absolute atomic E-state index is 8.51. The third kappa shape index (κ3) is 7.01. The van der Waals surface area contributed by atoms with Crippen LogP contribution in [0.15, 0.2) is 18.2 Å². The molecule has 0 amide bonds. The number of ether oxygens (including phenoxy) is 2. The van der Waals surface area contributed by atoms with Crippen LogP contribution in [-0.4, -0.2) is 19.3 Å². The first kappa shape index (κ1) is 17.3. The van der Waals surface area contributed by atoms with Gasteiger partial charge in [0.1, 0.15) is 0 Å². The Bertz CT molecular complexity index is 473. The lowest BCUT2D eigenvalue weighted by atomic mass is 10.1. The lowest BCUT2D eigenvalue weighted by Gasteiger charge is -2.21. The maximum atomic E-state index is 8.51. The highest BCUT2D eigenvalue weighted by Crippen LogP contribution is 2.28. The summed E-state index contributed by atoms with van der Waals surface area (Å²) in [4.78, 5) is 0. The molecule has 4 heteroatoms. The molecule has 0 spiro atoms. The Morgan fingerprint density at radius 2 is 1.95 bits per heavy atom. The van der Waals surface area contributed by atoms with Crippen molar-refractivity contribution < 1.29 is 9.47 Å². The number of hydrogen-bond acceptors (Lipinski definition) is 4. The summed E-state index contributed by atoms with van der Waals surface area (Å²) in [5, 5.41) is 12.0. The van der Waals surface area contributed by atoms with Crippen molar-refractivity contribution in [2.45, 2.75) is 52.1 Å². The first-order chi connectivity index (χ1) is 9.96. The second-order valence-corrected chi connectivity index (χ2v) is 6.05. The fourth-order valence-electron chi connectivity index (χ4n) is 1.80. The van der Waals surface area contributed by atoms with E-state index in [2.05, 4.69) is 32.2 Å². The molecule has 1 N–H and O–H groups in total. The Labute approximate surface area is 128 Å². The topological polar surface area (TPSA) is 54.3 Å². The van der Waals surface area contributed by atoms with E-state index in [0.717, 1.165) is 36.4 Å². The molecule has 0 aliphatic carbocycles. The van der Waals surface area contributed by atoms with Gasteiger partial charge in [0.2, 0.25) is 0 Å². The fourth-order valence-corrected chi connectivity index (χ4v) is 1.80. The molecule has 0 atom stereocenters. The maximum Gasteiger partial charge on any atom is 0.161 e. The number of benzene rings is 1. The van der Waals surface area contributed by atoms with Crippen molar-refractivity contribution in [3.8, 4) is 17.6 Å². The Balaban J connectivity index is 2.61. The average Bonchev–Trinajstić information content (AvgIpc) is 2.44. The molecular formula is C17H26N2O2. The van der Waals surface area contributed by atoms with Crippen LogP contribution >= 0.6 is 0 Å². The third-order valence-corrected chi connectivity index (χ3v) is 2.99. The van der Waals surface area contributed by atoms with Crippen LogP contribution in [0.4, 0.5) is 0 Å². The van der Waals surface area contributed by atoms with E-state index in [4.69, 9.17) is 14.7 Å². The minimum atomic E-state index is 0.0816. The van der Waals surface area contributed by atoms with Crippen molar-refractivity contribution in [1.82, 2.24) is 5.32 Å². The monoisotopic (exact) mass is 290 g/mol. The second-order valence-electron chi connectivity index (χ2n) is 6.05. The number of hydrogen-bond donors (Lipinski definition) is 1. The van der Waals surface area contributed by atoms with Crippen LogP contribution < -0.4 is 14.8 Å². The number of nitrogens with one attached hydrogen (secondary N) is 1. The van der Waals surface area contributed by atoms with Crippen LogP contribution in [0.5, 0.6) is 11.5 Å². The number of nitriles is 1. The first-order valence-corrected chi connectivity index (χ1v) is 7.38. The SMILES string of the molecule is COc1ccc(CNC(C)(C)C)cc1OCCCCC#N. The summed E-state index contributed by atoms with van der Waals surface area (Å²) in [6.45, 7) is 7.82. The molecule has 0 saturated heterocycles. The second kappa shape index (κ2) is 8.53. The minimum Gasteiger partial charge on any atom is -0.493 e. The van der Waals surface area contributed by atoms with Gasteiger partial charge in [-0.3, -0.25) is 0 Å². The molecule has 0 radical (unpaired) electrons. The van der Waals surface area contributed by atoms with Gasteiger partial charge >= 0.3 is 0 Å². The molecule has 0 aromatic heterocycles. The molecule has 0 heterocycles. The number of methoxy groups -OCH3 is 1. The Morgan fingerprint density at radius 3 is 2.57 bits per heavy atom. The summed E-state index contributed by atoms with van der Waals surface area (Å²) >= 11 is 0. The molecule has 0 saturated carbocycles. The van der Waals surface area contributed by atoms with E-state index in [1.165, 1.54) is 0 Å². The molecule has 0 bridgehead atoms. The van der Waals surface area contributed by atoms with Crippen molar-refractivity contribution in [3.05, 3.63) is 23.8 Å². The molecule has 1 rings (SSSR count). The average molecular weight is 290 g/mol. The summed E-state index contributed by atoms with van der Waals surface area (Å²) in [5.74, 6) is 1.51. The largest absolute Gasteiger partial charge is 0.493 e. The molecular weight excluding hydrogens is 264 g/mol. The van der Waals surface area contributed by atoms with Gasteiger partial charge in [-0.05, 0) is 51.3 Å². The fraction of sp³-hybridized carbons (Fsp3) is 0.588. The smallest absolute Gasteiger partial charge is 0.161 e. The van der Waals surface area contributed by atoms with Gasteiger partial charge in [0.25, 0.3) is 0 Å². The van der Waals surface area contributed by atoms with Crippen LogP contribution in [0.1, 0.15) is 45.6 Å². The van der Waals surface area contributed by atoms with E-state index in [0.29, 0.717) is 13.0 Å². The molecule has 4 nitrogen and oxygen atoms in total. The van der Waals surface area contributed by atoms with Crippen LogP contribution in [0.2, 0.25) is 0 Å². The van der Waals surface area contributed by atoms with E-state index in [1.807, 2.05) is 18.2 Å². The molecule has 116 valence electrons. The summed E-state index contributed by atoms with van der Waals surface area (Å²) in [6, 6.07) is 8.13. The molecule has 0 fully saturated rings. The highest BCUT2D eigenvalue weighted by Gasteiger charge is 2.10. The summed E-state index contributed by atoms with van der Waals surface area (Å²) in [5.41, 5.74) is 1.25. The highest BCUT2D eigenvalue weighted by molar-refractivity contribution is 5.43. The Hall–Kier alpha value is -1.73. The van der Waals surface area contributed by atoms with Gasteiger partial charge < -0.3 is 14.8 Å². The molecule has 0 aliphatic rings. The van der Waals surface area contributed by atoms with E-state index in [1.54, 1.807) is 7.11 Å². The summed E-state index contributed by atoms with van der Waals surface area (Å²) in [6.07, 6.45) is 2.32. The van der Waals surface area contributed by atoms with E-state index < -0.39 is 0 Å². The van der Waals surface area contributed by atoms with Gasteiger partial charge in [-0.2, -0.15) is 5.26 Å². The van der Waals surface area contributed by atoms with Crippen molar-refractivity contribution in [3.63, 3.8) is 0 Å². The van der Waals surface area contributed by atoms with Crippen LogP contribution in [0.3, 0.4) is 0 Å². The van der Waals surface area contributed by atoms with Gasteiger partial charge in [-0.15, -0.1) is 0 Å². The predicted molar refractivity (Wildman–Crippen MR) is 84.5 cm³/mol. The van der Waals surface area contributed by atoms with Gasteiger partial charge in [0.15, 0.2) is 11.5 Å². The lowest BCUT2D eigenvalue weighted by Crippen LogP contribution is -2.35. The Kier molecular flexibility index (Phi) is 7.04. The number of rotatable bonds is 8. The van der Waals surface area contributed by atoms with E-state index in [-0.39, 0.29) is 5.54 Å². The summed E-state index contributed by atoms with van der Waals surface area (Å²) in [7, 11) is 1.64. The molecule has 21 heavy (non-hydrogen) atoms. The standard InChI is InChI=1S/C17H26N2O2/c1-17(2,3)19-13-14-8-9-15(20-4)16(12-14)21-11-7-5-6-10-18/h8-9,12,19H,5-7,11,13H2,1-4H3. The van der Waals surface area contributed by atoms with E-state index >= 15 is 0 Å². The molecule has 1 aromatic rings. The van der Waals surface area contributed by atoms with Crippen molar-refractivity contribution in [2.24, 2.45) is 0 Å². The minimum absolute atomic E-state index is 0.0816. The highest BCUT2D eigenvalue weighted by atomic mass is 16.5. The molecule has 1 aromatic carbocycles. The number of unbranched alkanes of at least 4 members (excludes halogenated alkanes) is 2. The third-order valence-electron chi connectivity index (χ3n) is 2.99. The first-order valence-electron chi connectivity index (χ1n) is 7.38. The number of nitrogens with zero attached hydrogens (tertiary/aromatic N) is 1. The van der Waals surface area contributed by atoms with Gasteiger partial charge in [0.05, 0.1) is 19.8 Å². The quantitative estimate of drug-likeness (QED) is 0.742. The van der Waals surface area contributed by atoms with Crippen LogP contribution in [-0.2, 0) is 6.54 Å². The lowest BCUT2D eigenvalue weighted by molar-refractivity contribution is 0.286. The predicted octanol–water partition coefficient (Wildman–Crippen LogP) is 3.66.